The van der Waals surface area contributed by atoms with Gasteiger partial charge in [0.2, 0.25) is 5.91 Å². The van der Waals surface area contributed by atoms with Crippen LogP contribution in [-0.2, 0) is 25.6 Å². The lowest BCUT2D eigenvalue weighted by molar-refractivity contribution is -0.184. The van der Waals surface area contributed by atoms with E-state index in [1.54, 1.807) is 41.3 Å². The molecule has 3 fully saturated rings. The summed E-state index contributed by atoms with van der Waals surface area (Å²) in [6.07, 6.45) is 3.84. The van der Waals surface area contributed by atoms with Gasteiger partial charge in [-0.1, -0.05) is 70.1 Å². The summed E-state index contributed by atoms with van der Waals surface area (Å²) in [4.78, 5) is 24.1. The predicted molar refractivity (Wildman–Crippen MR) is 163 cm³/mol. The van der Waals surface area contributed by atoms with Crippen LogP contribution in [0, 0.1) is 11.8 Å². The molecule has 3 N–H and O–H groups in total. The second kappa shape index (κ2) is 12.2. The number of nitrogens with zero attached hydrogens (tertiary/aromatic N) is 1. The van der Waals surface area contributed by atoms with Crippen LogP contribution in [0.1, 0.15) is 56.9 Å². The number of rotatable bonds is 9. The molecule has 7 nitrogen and oxygen atoms in total. The molecule has 11 heteroatoms. The highest BCUT2D eigenvalue weighted by molar-refractivity contribution is 9.10. The highest BCUT2D eigenvalue weighted by Crippen LogP contribution is 2.47. The number of sulfonamides is 1. The Morgan fingerprint density at radius 2 is 1.58 bits per heavy atom. The molecule has 1 unspecified atom stereocenters. The number of carbonyl (C=O) groups excluding carboxylic acids is 1. The fourth-order valence-corrected chi connectivity index (χ4v) is 8.56. The first kappa shape index (κ1) is 30.6. The summed E-state index contributed by atoms with van der Waals surface area (Å²) in [5.41, 5.74) is 5.95. The van der Waals surface area contributed by atoms with Crippen molar-refractivity contribution in [3.8, 4) is 0 Å². The third-order valence-corrected chi connectivity index (χ3v) is 11.1. The lowest BCUT2D eigenvalue weighted by Crippen LogP contribution is -2.58. The van der Waals surface area contributed by atoms with Crippen LogP contribution in [0.4, 0.5) is 8.78 Å². The molecule has 3 aliphatic rings. The first-order valence-corrected chi connectivity index (χ1v) is 17.2. The number of carbonyl (C=O) groups is 1. The average molecular weight is 677 g/mol. The first-order valence-electron chi connectivity index (χ1n) is 14.9. The molecule has 1 aliphatic carbocycles. The number of amides is 1. The zero-order valence-corrected chi connectivity index (χ0v) is 26.1. The Labute approximate surface area is 259 Å². The number of halogens is 3. The van der Waals surface area contributed by atoms with E-state index >= 15 is 8.78 Å². The van der Waals surface area contributed by atoms with Gasteiger partial charge < -0.3 is 10.6 Å². The van der Waals surface area contributed by atoms with Crippen molar-refractivity contribution in [2.75, 3.05) is 0 Å². The van der Waals surface area contributed by atoms with E-state index in [1.165, 1.54) is 24.3 Å². The molecule has 2 saturated heterocycles. The van der Waals surface area contributed by atoms with Crippen molar-refractivity contribution in [2.45, 2.75) is 86.4 Å². The minimum absolute atomic E-state index is 0.0569. The molecule has 6 rings (SSSR count). The number of alkyl halides is 2. The second-order valence-corrected chi connectivity index (χ2v) is 14.8. The maximum atomic E-state index is 17.1. The average Bonchev–Trinajstić information content (AvgIpc) is 3.61. The zero-order chi connectivity index (χ0) is 30.4. The van der Waals surface area contributed by atoms with Crippen molar-refractivity contribution in [3.63, 3.8) is 0 Å². The topological polar surface area (TPSA) is 102 Å². The first-order chi connectivity index (χ1) is 20.5. The van der Waals surface area contributed by atoms with Crippen LogP contribution in [0.3, 0.4) is 0 Å². The number of nitrogens with two attached hydrogens (primary N) is 1. The van der Waals surface area contributed by atoms with Gasteiger partial charge in [0.05, 0.1) is 4.90 Å². The Bertz CT molecular complexity index is 1570. The van der Waals surface area contributed by atoms with Crippen molar-refractivity contribution >= 4 is 42.6 Å². The van der Waals surface area contributed by atoms with Crippen molar-refractivity contribution in [1.29, 1.82) is 0 Å². The van der Waals surface area contributed by atoms with Gasteiger partial charge in [-0.2, -0.15) is 0 Å². The van der Waals surface area contributed by atoms with E-state index in [-0.39, 0.29) is 28.6 Å². The van der Waals surface area contributed by atoms with Crippen molar-refractivity contribution < 1.29 is 26.8 Å². The van der Waals surface area contributed by atoms with Crippen molar-refractivity contribution in [1.82, 2.24) is 9.79 Å². The van der Waals surface area contributed by atoms with E-state index in [2.05, 4.69) is 20.8 Å². The van der Waals surface area contributed by atoms with Crippen molar-refractivity contribution in [2.24, 2.45) is 17.6 Å². The van der Waals surface area contributed by atoms with E-state index in [1.807, 2.05) is 6.07 Å². The molecular formula is C32H36BrF2N3O4S. The third kappa shape index (κ3) is 6.11. The van der Waals surface area contributed by atoms with E-state index in [0.717, 1.165) is 22.7 Å². The highest BCUT2D eigenvalue weighted by atomic mass is 79.9. The minimum atomic E-state index is -4.19. The van der Waals surface area contributed by atoms with Gasteiger partial charge in [0.25, 0.3) is 15.9 Å². The van der Waals surface area contributed by atoms with Gasteiger partial charge in [-0.3, -0.25) is 9.63 Å². The molecule has 2 heterocycles. The number of nitrogens with one attached hydrogen (secondary N) is 1. The van der Waals surface area contributed by atoms with Crippen LogP contribution in [0.25, 0.3) is 10.8 Å². The largest absolute Gasteiger partial charge is 0.336 e. The maximum Gasteiger partial charge on any atom is 0.287 e. The van der Waals surface area contributed by atoms with Gasteiger partial charge in [-0.05, 0) is 85.5 Å². The Morgan fingerprint density at radius 3 is 2.26 bits per heavy atom. The Hall–Kier alpha value is -2.44. The second-order valence-electron chi connectivity index (χ2n) is 12.2. The normalized spacial score (nSPS) is 24.4. The van der Waals surface area contributed by atoms with E-state index in [0.29, 0.717) is 43.9 Å². The summed E-state index contributed by atoms with van der Waals surface area (Å²) >= 11 is 3.43. The van der Waals surface area contributed by atoms with Crippen LogP contribution in [-0.4, -0.2) is 43.5 Å². The summed E-state index contributed by atoms with van der Waals surface area (Å²) in [6, 6.07) is 16.9. The molecule has 230 valence electrons. The van der Waals surface area contributed by atoms with E-state index in [4.69, 9.17) is 10.6 Å². The molecule has 1 amide bonds. The number of benzene rings is 3. The Morgan fingerprint density at radius 1 is 0.953 bits per heavy atom. The lowest BCUT2D eigenvalue weighted by Gasteiger charge is -2.43. The number of fused-ring (bicyclic) bond motifs is 3. The molecule has 1 saturated carbocycles. The molecule has 43 heavy (non-hydrogen) atoms. The molecule has 3 aromatic rings. The molecule has 3 aromatic carbocycles. The number of hydrogen-bond acceptors (Lipinski definition) is 5. The highest BCUT2D eigenvalue weighted by Gasteiger charge is 2.57. The summed E-state index contributed by atoms with van der Waals surface area (Å²) in [7, 11) is -4.19. The molecule has 0 aromatic heterocycles. The van der Waals surface area contributed by atoms with Crippen LogP contribution in [0.2, 0.25) is 0 Å². The van der Waals surface area contributed by atoms with Crippen molar-refractivity contribution in [3.05, 3.63) is 76.8 Å². The predicted octanol–water partition coefficient (Wildman–Crippen LogP) is 6.26. The lowest BCUT2D eigenvalue weighted by atomic mass is 9.80. The number of hydrogen-bond donors (Lipinski definition) is 2. The van der Waals surface area contributed by atoms with Crippen LogP contribution >= 0.6 is 15.9 Å². The monoisotopic (exact) mass is 675 g/mol. The van der Waals surface area contributed by atoms with E-state index < -0.39 is 39.8 Å². The molecule has 0 radical (unpaired) electrons. The van der Waals surface area contributed by atoms with Gasteiger partial charge in [0.1, 0.15) is 12.0 Å². The molecule has 2 bridgehead atoms. The van der Waals surface area contributed by atoms with Gasteiger partial charge in [0.15, 0.2) is 0 Å². The maximum absolute atomic E-state index is 17.1. The zero-order valence-electron chi connectivity index (χ0n) is 23.7. The Balaban J connectivity index is 1.42. The third-order valence-electron chi connectivity index (χ3n) is 9.41. The van der Waals surface area contributed by atoms with Gasteiger partial charge in [0, 0.05) is 28.2 Å². The fraction of sp³-hybridized carbons (Fsp3) is 0.469. The molecule has 4 atom stereocenters. The van der Waals surface area contributed by atoms with E-state index in [9.17, 15) is 13.2 Å². The van der Waals surface area contributed by atoms with Gasteiger partial charge >= 0.3 is 0 Å². The smallest absolute Gasteiger partial charge is 0.287 e. The fourth-order valence-electron chi connectivity index (χ4n) is 7.33. The minimum Gasteiger partial charge on any atom is -0.336 e. The van der Waals surface area contributed by atoms with Crippen LogP contribution in [0.15, 0.2) is 76.1 Å². The summed E-state index contributed by atoms with van der Waals surface area (Å²) in [5, 5.41) is 1.39. The van der Waals surface area contributed by atoms with Gasteiger partial charge in [-0.15, -0.1) is 0 Å². The summed E-state index contributed by atoms with van der Waals surface area (Å²) in [5.74, 6) is -6.74. The Kier molecular flexibility index (Phi) is 8.65. The van der Waals surface area contributed by atoms with Gasteiger partial charge in [-0.25, -0.2) is 17.2 Å². The SMILES string of the molecule is NC1C[C@H]2CC[C@H](C1)N2C(=O)[C@@H](C(ONS(=O)(=O)c1ccccc1)C1CCCC1)C(F)(F)c1ccc2cc(Br)ccc2c1. The molecular weight excluding hydrogens is 640 g/mol. The molecule has 2 aliphatic heterocycles. The summed E-state index contributed by atoms with van der Waals surface area (Å²) in [6.45, 7) is 0. The quantitative estimate of drug-likeness (QED) is 0.261. The standard InChI is InChI=1S/C32H36BrF2N3O4S/c33-24-13-11-21-16-23(12-10-22(21)17-24)32(34,35)29(31(39)38-26-14-15-27(38)19-25(36)18-26)30(20-6-4-5-7-20)42-37-43(40,41)28-8-2-1-3-9-28/h1-3,8-13,16-17,20,25-27,29-30,37H,4-7,14-15,18-19,36H2/t26-,27-,29-,30?/m1/s1. The van der Waals surface area contributed by atoms with Crippen LogP contribution < -0.4 is 10.6 Å². The van der Waals surface area contributed by atoms with Crippen LogP contribution in [0.5, 0.6) is 0 Å². The summed E-state index contributed by atoms with van der Waals surface area (Å²) < 4.78 is 61.3. The molecule has 0 spiro atoms. The number of piperidine rings is 1.